The number of hydrogen-bond acceptors (Lipinski definition) is 9. The molecule has 12 nitrogen and oxygen atoms in total. The summed E-state index contributed by atoms with van der Waals surface area (Å²) in [6.45, 7) is 1.29. The van der Waals surface area contributed by atoms with Crippen LogP contribution in [-0.4, -0.2) is 89.9 Å². The molecule has 2 aromatic carbocycles. The number of pyridine rings is 1. The second kappa shape index (κ2) is 16.5. The van der Waals surface area contributed by atoms with Crippen LogP contribution in [0.2, 0.25) is 0 Å². The van der Waals surface area contributed by atoms with Crippen LogP contribution in [0.5, 0.6) is 5.75 Å². The quantitative estimate of drug-likeness (QED) is 0.0493. The Morgan fingerprint density at radius 3 is 2.40 bits per heavy atom. The Kier molecular flexibility index (Phi) is 12.8. The van der Waals surface area contributed by atoms with Crippen molar-refractivity contribution in [1.29, 1.82) is 0 Å². The van der Waals surface area contributed by atoms with Gasteiger partial charge in [0.05, 0.1) is 49.0 Å². The molecule has 0 aliphatic carbocycles. The number of phosphoric acid groups is 1. The van der Waals surface area contributed by atoms with Gasteiger partial charge in [0.25, 0.3) is 0 Å². The van der Waals surface area contributed by atoms with E-state index in [1.54, 1.807) is 0 Å². The summed E-state index contributed by atoms with van der Waals surface area (Å²) in [4.78, 5) is 43.8. The maximum atomic E-state index is 14.4. The summed E-state index contributed by atoms with van der Waals surface area (Å²) >= 11 is 0. The molecule has 19 heteroatoms. The first-order valence-electron chi connectivity index (χ1n) is 14.6. The Morgan fingerprint density at radius 2 is 1.72 bits per heavy atom. The Balaban J connectivity index is 0.00000562. The topological polar surface area (TPSA) is 159 Å². The smallest absolute Gasteiger partial charge is 0.469 e. The van der Waals surface area contributed by atoms with E-state index in [4.69, 9.17) is 19.3 Å². The number of ether oxygens (including phenoxy) is 2. The number of alkyl halides is 3. The van der Waals surface area contributed by atoms with E-state index in [2.05, 4.69) is 24.6 Å². The van der Waals surface area contributed by atoms with Gasteiger partial charge >= 0.3 is 20.0 Å². The zero-order valence-corrected chi connectivity index (χ0v) is 29.4. The summed E-state index contributed by atoms with van der Waals surface area (Å²) in [6.07, 6.45) is -0.550. The number of carbonyl (C=O) groups excluding carboxylic acids is 1. The van der Waals surface area contributed by atoms with Gasteiger partial charge in [-0.15, -0.1) is 0 Å². The Labute approximate surface area is 303 Å². The zero-order chi connectivity index (χ0) is 35.3. The summed E-state index contributed by atoms with van der Waals surface area (Å²) < 4.78 is 97.5. The van der Waals surface area contributed by atoms with Crippen LogP contribution < -0.4 is 4.74 Å². The van der Waals surface area contributed by atoms with Gasteiger partial charge in [0, 0.05) is 53.3 Å². The monoisotopic (exact) mass is 730 g/mol. The molecular weight excluding hydrogens is 703 g/mol. The third-order valence-corrected chi connectivity index (χ3v) is 7.42. The number of imidazole rings is 1. The Hall–Kier alpha value is -3.83. The molecule has 0 bridgehead atoms. The molecular formula is C31H27F5N5NaO7P. The fraction of sp³-hybridized carbons (Fsp3) is 0.258. The van der Waals surface area contributed by atoms with E-state index in [9.17, 15) is 31.3 Å². The molecule has 1 aromatic heterocycles. The molecule has 2 aliphatic heterocycles. The minimum atomic E-state index is -4.74. The molecule has 50 heavy (non-hydrogen) atoms. The molecule has 2 aliphatic rings. The van der Waals surface area contributed by atoms with Crippen molar-refractivity contribution in [2.24, 2.45) is 0 Å². The summed E-state index contributed by atoms with van der Waals surface area (Å²) in [7, 11) is -4.74. The molecule has 5 rings (SSSR count). The number of esters is 1. The molecule has 0 amide bonds. The Morgan fingerprint density at radius 1 is 0.960 bits per heavy atom. The number of aromatic nitrogens is 5. The predicted molar refractivity (Wildman–Crippen MR) is 168 cm³/mol. The second-order valence-electron chi connectivity index (χ2n) is 10.5. The van der Waals surface area contributed by atoms with Gasteiger partial charge in [-0.3, -0.25) is 14.2 Å². The van der Waals surface area contributed by atoms with Gasteiger partial charge < -0.3 is 19.3 Å². The van der Waals surface area contributed by atoms with E-state index >= 15 is 0 Å². The fourth-order valence-electron chi connectivity index (χ4n) is 4.68. The van der Waals surface area contributed by atoms with Crippen molar-refractivity contribution in [3.8, 4) is 39.8 Å². The standard InChI is InChI=1S/C31H27F5N5O7P.Na/c1-2-11-46-19-8-9-20(22(14-19)31(34,35)36)24-10-7-18(15-37-24)28(30(42)47-12-4-13-48-49(43,44)45)41-17-26-25(16-38-41)39-29(40-26)21-5-3-6-23(32)27(21)33;/h3,5-10,14-17,28H,2,4,11-13H2,1H3,(H2,43,44,45);. The van der Waals surface area contributed by atoms with Crippen molar-refractivity contribution < 1.29 is 55.1 Å². The first kappa shape index (κ1) is 39.0. The molecule has 2 N–H and O–H groups in total. The van der Waals surface area contributed by atoms with Crippen molar-refractivity contribution >= 4 is 43.3 Å². The third kappa shape index (κ3) is 9.48. The van der Waals surface area contributed by atoms with Gasteiger partial charge in [-0.25, -0.2) is 28.1 Å². The minimum absolute atomic E-state index is 0. The molecule has 0 spiro atoms. The summed E-state index contributed by atoms with van der Waals surface area (Å²) in [5.74, 6) is -3.29. The van der Waals surface area contributed by atoms with Crippen molar-refractivity contribution in [2.45, 2.75) is 32.0 Å². The van der Waals surface area contributed by atoms with Crippen LogP contribution in [0.3, 0.4) is 0 Å². The molecule has 0 saturated heterocycles. The van der Waals surface area contributed by atoms with Crippen molar-refractivity contribution in [2.75, 3.05) is 19.8 Å². The summed E-state index contributed by atoms with van der Waals surface area (Å²) in [6, 6.07) is 8.27. The number of hydrogen-bond donors (Lipinski definition) is 2. The van der Waals surface area contributed by atoms with Gasteiger partial charge in [0.2, 0.25) is 0 Å². The summed E-state index contributed by atoms with van der Waals surface area (Å²) in [5, 5.41) is 4.22. The van der Waals surface area contributed by atoms with Gasteiger partial charge in [0.1, 0.15) is 17.1 Å². The molecule has 3 aromatic rings. The van der Waals surface area contributed by atoms with Crippen LogP contribution in [0.4, 0.5) is 22.0 Å². The van der Waals surface area contributed by atoms with Crippen molar-refractivity contribution in [3.63, 3.8) is 0 Å². The van der Waals surface area contributed by atoms with Crippen LogP contribution in [0.1, 0.15) is 36.9 Å². The summed E-state index contributed by atoms with van der Waals surface area (Å²) in [5.41, 5.74) is -1.04. The fourth-order valence-corrected chi connectivity index (χ4v) is 5.05. The first-order valence-corrected chi connectivity index (χ1v) is 16.1. The van der Waals surface area contributed by atoms with Crippen molar-refractivity contribution in [3.05, 3.63) is 89.9 Å². The first-order chi connectivity index (χ1) is 23.2. The maximum Gasteiger partial charge on any atom is 0.469 e. The molecule has 0 saturated carbocycles. The second-order valence-corrected chi connectivity index (χ2v) is 11.7. The molecule has 1 radical (unpaired) electrons. The number of nitrogens with zero attached hydrogens (tertiary/aromatic N) is 5. The normalized spacial score (nSPS) is 12.4. The van der Waals surface area contributed by atoms with E-state index < -0.39 is 49.8 Å². The molecule has 0 fully saturated rings. The minimum Gasteiger partial charge on any atom is -0.494 e. The van der Waals surface area contributed by atoms with E-state index in [0.717, 1.165) is 16.8 Å². The van der Waals surface area contributed by atoms with E-state index in [1.807, 2.05) is 6.92 Å². The average Bonchev–Trinajstić information content (AvgIpc) is 3.48. The number of halogens is 5. The Bertz CT molecular complexity index is 1960. The van der Waals surface area contributed by atoms with Crippen LogP contribution in [0.15, 0.2) is 67.1 Å². The molecule has 3 heterocycles. The van der Waals surface area contributed by atoms with Gasteiger partial charge in [-0.2, -0.15) is 18.3 Å². The molecule has 259 valence electrons. The van der Waals surface area contributed by atoms with Crippen LogP contribution >= 0.6 is 7.82 Å². The van der Waals surface area contributed by atoms with Crippen LogP contribution in [0.25, 0.3) is 34.0 Å². The van der Waals surface area contributed by atoms with E-state index in [-0.39, 0.29) is 94.5 Å². The number of benzene rings is 2. The number of fused-ring (bicyclic) bond motifs is 1. The predicted octanol–water partition coefficient (Wildman–Crippen LogP) is 5.84. The van der Waals surface area contributed by atoms with E-state index in [1.165, 1.54) is 55.0 Å². The SMILES string of the molecule is CCCOc1ccc(-c2ccc(C(C(=O)OCCCOP(=O)(O)O)n3cc4nc(-c5cccc(F)c5F)nc-4cn3)cn2)c(C(F)(F)F)c1.[Na]. The largest absolute Gasteiger partial charge is 0.494 e. The number of phosphoric ester groups is 1. The number of rotatable bonds is 13. The maximum absolute atomic E-state index is 14.4. The molecule has 1 atom stereocenters. The molecule has 1 unspecified atom stereocenters. The van der Waals surface area contributed by atoms with Crippen LogP contribution in [-0.2, 0) is 24.8 Å². The van der Waals surface area contributed by atoms with Crippen molar-refractivity contribution in [1.82, 2.24) is 24.7 Å². The third-order valence-electron chi connectivity index (χ3n) is 6.90. The average molecular weight is 731 g/mol. The van der Waals surface area contributed by atoms with Crippen LogP contribution in [0, 0.1) is 11.6 Å². The zero-order valence-electron chi connectivity index (χ0n) is 26.5. The van der Waals surface area contributed by atoms with E-state index in [0.29, 0.717) is 6.42 Å². The van der Waals surface area contributed by atoms with Gasteiger partial charge in [0.15, 0.2) is 23.5 Å². The van der Waals surface area contributed by atoms with Gasteiger partial charge in [-0.1, -0.05) is 19.1 Å². The number of carbonyl (C=O) groups is 1. The van der Waals surface area contributed by atoms with Gasteiger partial charge in [-0.05, 0) is 42.8 Å².